The van der Waals surface area contributed by atoms with Gasteiger partial charge in [0.05, 0.1) is 23.2 Å². The number of likely N-dealkylation sites (tertiary alicyclic amines) is 2. The van der Waals surface area contributed by atoms with Crippen LogP contribution in [0.1, 0.15) is 30.7 Å². The van der Waals surface area contributed by atoms with Gasteiger partial charge in [0.15, 0.2) is 0 Å². The number of aromatic nitrogens is 1. The van der Waals surface area contributed by atoms with E-state index in [0.29, 0.717) is 6.61 Å². The van der Waals surface area contributed by atoms with E-state index >= 15 is 0 Å². The molecule has 4 heterocycles. The largest absolute Gasteiger partial charge is 0.371 e. The number of pyridine rings is 1. The number of ether oxygens (including phenoxy) is 1. The van der Waals surface area contributed by atoms with Gasteiger partial charge >= 0.3 is 6.03 Å². The Balaban J connectivity index is 1.24. The molecule has 6 heteroatoms. The molecule has 5 nitrogen and oxygen atoms in total. The zero-order valence-corrected chi connectivity index (χ0v) is 15.1. The first-order valence-corrected chi connectivity index (χ1v) is 9.84. The fourth-order valence-corrected chi connectivity index (χ4v) is 5.46. The molecule has 1 atom stereocenters. The summed E-state index contributed by atoms with van der Waals surface area (Å²) >= 11 is 1.98. The highest BCUT2D eigenvalue weighted by atomic mass is 32.2. The highest BCUT2D eigenvalue weighted by Gasteiger charge is 2.51. The maximum Gasteiger partial charge on any atom is 0.320 e. The molecule has 0 aromatic carbocycles. The third-order valence-corrected chi connectivity index (χ3v) is 6.77. The van der Waals surface area contributed by atoms with Crippen LogP contribution in [-0.4, -0.2) is 63.6 Å². The minimum atomic E-state index is 0.236. The Labute approximate surface area is 147 Å². The predicted molar refractivity (Wildman–Crippen MR) is 95.1 cm³/mol. The molecule has 0 saturated carbocycles. The van der Waals surface area contributed by atoms with Gasteiger partial charge in [-0.3, -0.25) is 4.98 Å². The molecule has 2 amide bonds. The summed E-state index contributed by atoms with van der Waals surface area (Å²) < 4.78 is 6.31. The Morgan fingerprint density at radius 1 is 1.33 bits per heavy atom. The quantitative estimate of drug-likeness (QED) is 0.843. The van der Waals surface area contributed by atoms with Gasteiger partial charge in [-0.1, -0.05) is 6.07 Å². The molecule has 1 aromatic rings. The average molecular weight is 347 g/mol. The number of thioether (sulfide) groups is 1. The van der Waals surface area contributed by atoms with E-state index in [0.717, 1.165) is 62.6 Å². The van der Waals surface area contributed by atoms with Crippen molar-refractivity contribution >= 4 is 17.8 Å². The van der Waals surface area contributed by atoms with Crippen molar-refractivity contribution in [1.29, 1.82) is 0 Å². The van der Waals surface area contributed by atoms with E-state index in [1.54, 1.807) is 0 Å². The normalized spacial score (nSPS) is 25.3. The lowest BCUT2D eigenvalue weighted by molar-refractivity contribution is 0.0304. The smallest absolute Gasteiger partial charge is 0.320 e. The number of nitrogens with zero attached hydrogens (tertiary/aromatic N) is 3. The monoisotopic (exact) mass is 347 g/mol. The summed E-state index contributed by atoms with van der Waals surface area (Å²) in [5.74, 6) is 1.03. The highest BCUT2D eigenvalue weighted by molar-refractivity contribution is 8.01. The third-order valence-electron chi connectivity index (χ3n) is 5.19. The van der Waals surface area contributed by atoms with Crippen LogP contribution in [0.4, 0.5) is 4.79 Å². The molecule has 0 radical (unpaired) electrons. The number of urea groups is 1. The number of hydrogen-bond donors (Lipinski definition) is 0. The minimum absolute atomic E-state index is 0.236. The van der Waals surface area contributed by atoms with Crippen molar-refractivity contribution in [2.75, 3.05) is 31.9 Å². The van der Waals surface area contributed by atoms with Crippen LogP contribution >= 0.6 is 11.8 Å². The molecule has 4 rings (SSSR count). The van der Waals surface area contributed by atoms with Crippen LogP contribution in [0.3, 0.4) is 0 Å². The Kier molecular flexibility index (Phi) is 4.43. The molecule has 0 N–H and O–H groups in total. The van der Waals surface area contributed by atoms with Crippen LogP contribution in [0.5, 0.6) is 0 Å². The predicted octanol–water partition coefficient (Wildman–Crippen LogP) is 2.68. The minimum Gasteiger partial charge on any atom is -0.371 e. The zero-order chi connectivity index (χ0) is 16.6. The number of carbonyl (C=O) groups excluding carboxylic acids is 1. The van der Waals surface area contributed by atoms with Gasteiger partial charge in [-0.15, -0.1) is 11.8 Å². The lowest BCUT2D eigenvalue weighted by atomic mass is 9.93. The van der Waals surface area contributed by atoms with Crippen LogP contribution in [0.2, 0.25) is 0 Å². The van der Waals surface area contributed by atoms with E-state index in [-0.39, 0.29) is 16.9 Å². The van der Waals surface area contributed by atoms with E-state index < -0.39 is 0 Å². The fraction of sp³-hybridized carbons (Fsp3) is 0.667. The Hall–Kier alpha value is -1.27. The maximum absolute atomic E-state index is 12.4. The van der Waals surface area contributed by atoms with Gasteiger partial charge in [0.25, 0.3) is 0 Å². The second-order valence-electron chi connectivity index (χ2n) is 7.23. The second kappa shape index (κ2) is 6.56. The molecule has 3 fully saturated rings. The highest BCUT2D eigenvalue weighted by Crippen LogP contribution is 2.46. The van der Waals surface area contributed by atoms with Gasteiger partial charge in [0, 0.05) is 37.6 Å². The van der Waals surface area contributed by atoms with Crippen LogP contribution < -0.4 is 0 Å². The lowest BCUT2D eigenvalue weighted by Crippen LogP contribution is -2.63. The molecule has 3 saturated heterocycles. The Morgan fingerprint density at radius 3 is 2.88 bits per heavy atom. The summed E-state index contributed by atoms with van der Waals surface area (Å²) in [5, 5.41) is 0. The first-order chi connectivity index (χ1) is 11.6. The molecule has 130 valence electrons. The van der Waals surface area contributed by atoms with Crippen LogP contribution in [0.15, 0.2) is 18.2 Å². The van der Waals surface area contributed by atoms with Crippen molar-refractivity contribution in [2.24, 2.45) is 0 Å². The number of carbonyl (C=O) groups is 1. The van der Waals surface area contributed by atoms with Gasteiger partial charge in [-0.25, -0.2) is 4.79 Å². The molecule has 3 aliphatic rings. The first-order valence-electron chi connectivity index (χ1n) is 8.86. The fourth-order valence-electron chi connectivity index (χ4n) is 3.91. The van der Waals surface area contributed by atoms with Gasteiger partial charge in [0.1, 0.15) is 0 Å². The molecule has 3 aliphatic heterocycles. The van der Waals surface area contributed by atoms with E-state index in [9.17, 15) is 4.79 Å². The van der Waals surface area contributed by atoms with Crippen molar-refractivity contribution in [1.82, 2.24) is 14.8 Å². The van der Waals surface area contributed by atoms with Gasteiger partial charge in [-0.2, -0.15) is 0 Å². The van der Waals surface area contributed by atoms with Gasteiger partial charge < -0.3 is 14.5 Å². The van der Waals surface area contributed by atoms with Crippen molar-refractivity contribution in [3.05, 3.63) is 29.6 Å². The average Bonchev–Trinajstić information content (AvgIpc) is 3.21. The Morgan fingerprint density at radius 2 is 2.12 bits per heavy atom. The number of aryl methyl sites for hydroxylation is 1. The molecule has 1 spiro atoms. The van der Waals surface area contributed by atoms with Gasteiger partial charge in [-0.05, 0) is 38.3 Å². The summed E-state index contributed by atoms with van der Waals surface area (Å²) in [6.07, 6.45) is 3.64. The van der Waals surface area contributed by atoms with E-state index in [1.165, 1.54) is 0 Å². The van der Waals surface area contributed by atoms with Crippen molar-refractivity contribution in [3.8, 4) is 0 Å². The van der Waals surface area contributed by atoms with E-state index in [4.69, 9.17) is 4.74 Å². The van der Waals surface area contributed by atoms with E-state index in [2.05, 4.69) is 4.98 Å². The van der Waals surface area contributed by atoms with Crippen molar-refractivity contribution in [2.45, 2.75) is 43.6 Å². The van der Waals surface area contributed by atoms with Crippen molar-refractivity contribution < 1.29 is 9.53 Å². The second-order valence-corrected chi connectivity index (χ2v) is 8.72. The number of amides is 2. The van der Waals surface area contributed by atoms with E-state index in [1.807, 2.05) is 46.7 Å². The lowest BCUT2D eigenvalue weighted by Gasteiger charge is -2.48. The Bertz CT molecular complexity index is 612. The standard InChI is InChI=1S/C18H25N3O2S/c1-14-5-4-6-15(19-14)10-23-16-9-18(24-11-16)12-21(13-18)17(22)20-7-2-3-8-20/h4-6,16H,2-3,7-13H2,1H3. The third kappa shape index (κ3) is 3.26. The number of hydrogen-bond acceptors (Lipinski definition) is 4. The summed E-state index contributed by atoms with van der Waals surface area (Å²) in [5.41, 5.74) is 2.03. The molecule has 0 bridgehead atoms. The molecule has 0 aliphatic carbocycles. The number of rotatable bonds is 3. The van der Waals surface area contributed by atoms with Crippen LogP contribution in [0.25, 0.3) is 0 Å². The van der Waals surface area contributed by atoms with Gasteiger partial charge in [0.2, 0.25) is 0 Å². The molecular formula is C18H25N3O2S. The van der Waals surface area contributed by atoms with Crippen molar-refractivity contribution in [3.63, 3.8) is 0 Å². The van der Waals surface area contributed by atoms with Crippen LogP contribution in [0, 0.1) is 6.92 Å². The van der Waals surface area contributed by atoms with Crippen LogP contribution in [-0.2, 0) is 11.3 Å². The molecule has 1 unspecified atom stereocenters. The zero-order valence-electron chi connectivity index (χ0n) is 14.2. The summed E-state index contributed by atoms with van der Waals surface area (Å²) in [7, 11) is 0. The molecular weight excluding hydrogens is 322 g/mol. The summed E-state index contributed by atoms with van der Waals surface area (Å²) in [6, 6.07) is 6.29. The first kappa shape index (κ1) is 16.2. The molecule has 24 heavy (non-hydrogen) atoms. The topological polar surface area (TPSA) is 45.7 Å². The SMILES string of the molecule is Cc1cccc(COC2CSC3(C2)CN(C(=O)N2CCCC2)C3)n1. The summed E-state index contributed by atoms with van der Waals surface area (Å²) in [4.78, 5) is 20.9. The summed E-state index contributed by atoms with van der Waals surface area (Å²) in [6.45, 7) is 6.23. The molecule has 1 aromatic heterocycles. The maximum atomic E-state index is 12.4.